The van der Waals surface area contributed by atoms with Crippen molar-refractivity contribution in [2.24, 2.45) is 0 Å². The highest BCUT2D eigenvalue weighted by Gasteiger charge is 2.36. The van der Waals surface area contributed by atoms with Crippen molar-refractivity contribution in [3.8, 4) is 17.2 Å². The van der Waals surface area contributed by atoms with Crippen LogP contribution in [0.5, 0.6) is 17.2 Å². The predicted molar refractivity (Wildman–Crippen MR) is 116 cm³/mol. The van der Waals surface area contributed by atoms with Gasteiger partial charge in [-0.1, -0.05) is 0 Å². The molecular formula is C21H18N2O8S. The van der Waals surface area contributed by atoms with Gasteiger partial charge < -0.3 is 25.0 Å². The Bertz CT molecular complexity index is 1100. The standard InChI is InChI=1S/C21H18N2O8S/c1-30-14-7-11(8-15(31-2)18(14)25)9-16-19(26)23(21(29)32-16)10-17(24)22-13-5-3-12(4-6-13)20(27)28/h3-9,25H,10H2,1-2H3,(H,22,24)(H,27,28)/b16-9-. The van der Waals surface area contributed by atoms with E-state index >= 15 is 0 Å². The molecule has 0 aliphatic carbocycles. The van der Waals surface area contributed by atoms with Crippen LogP contribution >= 0.6 is 11.8 Å². The summed E-state index contributed by atoms with van der Waals surface area (Å²) in [5.74, 6) is -2.32. The Balaban J connectivity index is 1.73. The fourth-order valence-electron chi connectivity index (χ4n) is 2.83. The second kappa shape index (κ2) is 9.43. The summed E-state index contributed by atoms with van der Waals surface area (Å²) in [7, 11) is 2.72. The number of carboxylic acid groups (broad SMARTS) is 1. The molecule has 3 N–H and O–H groups in total. The zero-order valence-electron chi connectivity index (χ0n) is 16.9. The summed E-state index contributed by atoms with van der Waals surface area (Å²) in [4.78, 5) is 49.0. The number of hydrogen-bond acceptors (Lipinski definition) is 8. The van der Waals surface area contributed by atoms with Crippen LogP contribution in [0.1, 0.15) is 15.9 Å². The lowest BCUT2D eigenvalue weighted by Crippen LogP contribution is -2.36. The molecule has 0 spiro atoms. The van der Waals surface area contributed by atoms with Crippen LogP contribution in [0, 0.1) is 0 Å². The average molecular weight is 458 g/mol. The number of nitrogens with zero attached hydrogens (tertiary/aromatic N) is 1. The van der Waals surface area contributed by atoms with Gasteiger partial charge in [-0.05, 0) is 59.8 Å². The number of hydrogen-bond donors (Lipinski definition) is 3. The van der Waals surface area contributed by atoms with E-state index in [0.717, 1.165) is 4.90 Å². The van der Waals surface area contributed by atoms with E-state index in [4.69, 9.17) is 14.6 Å². The lowest BCUT2D eigenvalue weighted by Gasteiger charge is -2.12. The molecule has 166 valence electrons. The minimum atomic E-state index is -1.10. The number of thioether (sulfide) groups is 1. The van der Waals surface area contributed by atoms with Crippen LogP contribution in [0.25, 0.3) is 6.08 Å². The van der Waals surface area contributed by atoms with Gasteiger partial charge in [0.05, 0.1) is 24.7 Å². The molecule has 32 heavy (non-hydrogen) atoms. The first kappa shape index (κ1) is 22.7. The predicted octanol–water partition coefficient (Wildman–Crippen LogP) is 2.78. The van der Waals surface area contributed by atoms with Crippen molar-refractivity contribution in [1.29, 1.82) is 0 Å². The number of amides is 3. The van der Waals surface area contributed by atoms with Crippen molar-refractivity contribution < 1.29 is 38.9 Å². The van der Waals surface area contributed by atoms with Crippen LogP contribution in [0.4, 0.5) is 10.5 Å². The third-order valence-corrected chi connectivity index (χ3v) is 5.30. The van der Waals surface area contributed by atoms with Gasteiger partial charge in [0, 0.05) is 5.69 Å². The number of ether oxygens (including phenoxy) is 2. The van der Waals surface area contributed by atoms with Crippen molar-refractivity contribution >= 4 is 46.5 Å². The van der Waals surface area contributed by atoms with Crippen LogP contribution in [-0.4, -0.2) is 58.9 Å². The third kappa shape index (κ3) is 4.83. The van der Waals surface area contributed by atoms with Crippen molar-refractivity contribution in [2.75, 3.05) is 26.1 Å². The molecule has 0 unspecified atom stereocenters. The third-order valence-electron chi connectivity index (χ3n) is 4.39. The Hall–Kier alpha value is -3.99. The van der Waals surface area contributed by atoms with Gasteiger partial charge >= 0.3 is 5.97 Å². The van der Waals surface area contributed by atoms with E-state index in [0.29, 0.717) is 23.0 Å². The lowest BCUT2D eigenvalue weighted by molar-refractivity contribution is -0.127. The number of carboxylic acids is 1. The molecule has 0 atom stereocenters. The normalized spacial score (nSPS) is 14.6. The molecule has 0 radical (unpaired) electrons. The molecule has 1 fully saturated rings. The van der Waals surface area contributed by atoms with E-state index in [1.54, 1.807) is 0 Å². The number of phenols is 1. The Morgan fingerprint density at radius 1 is 1.09 bits per heavy atom. The Morgan fingerprint density at radius 2 is 1.69 bits per heavy atom. The maximum absolute atomic E-state index is 12.7. The van der Waals surface area contributed by atoms with Gasteiger partial charge in [0.15, 0.2) is 11.5 Å². The molecule has 1 aliphatic rings. The van der Waals surface area contributed by atoms with Gasteiger partial charge in [0.2, 0.25) is 11.7 Å². The van der Waals surface area contributed by atoms with E-state index in [9.17, 15) is 24.3 Å². The Morgan fingerprint density at radius 3 is 2.22 bits per heavy atom. The first-order valence-electron chi connectivity index (χ1n) is 9.07. The number of imide groups is 1. The lowest BCUT2D eigenvalue weighted by atomic mass is 10.1. The highest BCUT2D eigenvalue weighted by molar-refractivity contribution is 8.18. The van der Waals surface area contributed by atoms with Crippen LogP contribution < -0.4 is 14.8 Å². The van der Waals surface area contributed by atoms with Crippen LogP contribution in [-0.2, 0) is 9.59 Å². The van der Waals surface area contributed by atoms with E-state index in [2.05, 4.69) is 5.32 Å². The molecule has 3 amide bonds. The van der Waals surface area contributed by atoms with Crippen LogP contribution in [0.15, 0.2) is 41.3 Å². The van der Waals surface area contributed by atoms with Crippen LogP contribution in [0.2, 0.25) is 0 Å². The topological polar surface area (TPSA) is 142 Å². The van der Waals surface area contributed by atoms with Gasteiger partial charge in [-0.2, -0.15) is 0 Å². The molecule has 2 aromatic rings. The summed E-state index contributed by atoms with van der Waals surface area (Å²) in [6.07, 6.45) is 1.43. The van der Waals surface area contributed by atoms with E-state index in [1.165, 1.54) is 56.7 Å². The highest BCUT2D eigenvalue weighted by atomic mass is 32.2. The number of phenolic OH excluding ortho intramolecular Hbond substituents is 1. The number of anilines is 1. The van der Waals surface area contributed by atoms with Crippen molar-refractivity contribution in [2.45, 2.75) is 0 Å². The molecule has 1 aliphatic heterocycles. The molecule has 3 rings (SSSR count). The Labute approximate surface area is 186 Å². The van der Waals surface area contributed by atoms with E-state index < -0.39 is 29.6 Å². The summed E-state index contributed by atoms with van der Waals surface area (Å²) in [5.41, 5.74) is 0.831. The summed E-state index contributed by atoms with van der Waals surface area (Å²) < 4.78 is 10.2. The monoisotopic (exact) mass is 458 g/mol. The largest absolute Gasteiger partial charge is 0.502 e. The second-order valence-corrected chi connectivity index (χ2v) is 7.47. The molecule has 11 heteroatoms. The summed E-state index contributed by atoms with van der Waals surface area (Å²) >= 11 is 0.670. The maximum Gasteiger partial charge on any atom is 0.335 e. The van der Waals surface area contributed by atoms with E-state index in [-0.39, 0.29) is 27.7 Å². The summed E-state index contributed by atoms with van der Waals surface area (Å²) in [6.45, 7) is -0.509. The summed E-state index contributed by atoms with van der Waals surface area (Å²) in [5, 5.41) is 20.8. The number of benzene rings is 2. The number of aromatic hydroxyl groups is 1. The number of carbonyl (C=O) groups excluding carboxylic acids is 3. The molecule has 1 saturated heterocycles. The van der Waals surface area contributed by atoms with Crippen molar-refractivity contribution in [3.05, 3.63) is 52.4 Å². The summed E-state index contributed by atoms with van der Waals surface area (Å²) in [6, 6.07) is 8.39. The number of rotatable bonds is 7. The first-order chi connectivity index (χ1) is 15.2. The van der Waals surface area contributed by atoms with Gasteiger partial charge in [0.1, 0.15) is 6.54 Å². The molecule has 0 bridgehead atoms. The van der Waals surface area contributed by atoms with E-state index in [1.807, 2.05) is 0 Å². The minimum Gasteiger partial charge on any atom is -0.502 e. The van der Waals surface area contributed by atoms with Crippen LogP contribution in [0.3, 0.4) is 0 Å². The Kier molecular flexibility index (Phi) is 6.69. The van der Waals surface area contributed by atoms with Gasteiger partial charge in [0.25, 0.3) is 11.1 Å². The number of aromatic carboxylic acids is 1. The molecular weight excluding hydrogens is 440 g/mol. The van der Waals surface area contributed by atoms with Gasteiger partial charge in [-0.25, -0.2) is 4.79 Å². The van der Waals surface area contributed by atoms with Crippen molar-refractivity contribution in [3.63, 3.8) is 0 Å². The maximum atomic E-state index is 12.7. The van der Waals surface area contributed by atoms with Crippen molar-refractivity contribution in [1.82, 2.24) is 4.90 Å². The second-order valence-electron chi connectivity index (χ2n) is 6.47. The first-order valence-corrected chi connectivity index (χ1v) is 9.88. The number of carbonyl (C=O) groups is 4. The van der Waals surface area contributed by atoms with Gasteiger partial charge in [-0.3, -0.25) is 19.3 Å². The fourth-order valence-corrected chi connectivity index (χ4v) is 3.66. The molecule has 2 aromatic carbocycles. The fraction of sp³-hybridized carbons (Fsp3) is 0.143. The minimum absolute atomic E-state index is 0.0570. The molecule has 0 aromatic heterocycles. The SMILES string of the molecule is COc1cc(/C=C2\SC(=O)N(CC(=O)Nc3ccc(C(=O)O)cc3)C2=O)cc(OC)c1O. The zero-order chi connectivity index (χ0) is 23.4. The highest BCUT2D eigenvalue weighted by Crippen LogP contribution is 2.39. The number of nitrogens with one attached hydrogen (secondary N) is 1. The smallest absolute Gasteiger partial charge is 0.335 e. The average Bonchev–Trinajstić information content (AvgIpc) is 3.02. The zero-order valence-corrected chi connectivity index (χ0v) is 17.8. The van der Waals surface area contributed by atoms with Gasteiger partial charge in [-0.15, -0.1) is 0 Å². The number of methoxy groups -OCH3 is 2. The quantitative estimate of drug-likeness (QED) is 0.534. The molecule has 1 heterocycles. The molecule has 0 saturated carbocycles. The molecule has 10 nitrogen and oxygen atoms in total.